The van der Waals surface area contributed by atoms with Crippen LogP contribution in [0.1, 0.15) is 67.1 Å². The number of ether oxygens (including phenoxy) is 2. The number of fused-ring (bicyclic) bond motifs is 1. The fraction of sp³-hybridized carbons (Fsp3) is 0.607. The van der Waals surface area contributed by atoms with Crippen LogP contribution in [0.4, 0.5) is 19.0 Å². The lowest BCUT2D eigenvalue weighted by Crippen LogP contribution is -2.58. The predicted molar refractivity (Wildman–Crippen MR) is 143 cm³/mol. The molecule has 0 N–H and O–H groups in total. The first-order valence-electron chi connectivity index (χ1n) is 15.0. The van der Waals surface area contributed by atoms with Crippen LogP contribution < -0.4 is 9.64 Å². The minimum Gasteiger partial charge on any atom is -0.467 e. The Morgan fingerprint density at radius 2 is 1.95 bits per heavy atom. The molecule has 1 aromatic carbocycles. The van der Waals surface area contributed by atoms with Gasteiger partial charge in [0.2, 0.25) is 0 Å². The number of halogens is 3. The zero-order chi connectivity index (χ0) is 30.4. The fourth-order valence-electron chi connectivity index (χ4n) is 5.87. The Hall–Kier alpha value is -2.92. The number of hydrogen-bond donors (Lipinski definition) is 0. The van der Waals surface area contributed by atoms with Gasteiger partial charge in [0.25, 0.3) is 0 Å². The number of hydrogen-bond acceptors (Lipinski definition) is 7. The summed E-state index contributed by atoms with van der Waals surface area (Å²) in [6.07, 6.45) is -1.67. The van der Waals surface area contributed by atoms with Crippen LogP contribution in [0.5, 0.6) is 6.01 Å². The molecule has 2 saturated heterocycles. The van der Waals surface area contributed by atoms with Gasteiger partial charge in [0.05, 0.1) is 29.4 Å². The summed E-state index contributed by atoms with van der Waals surface area (Å²) in [7, 11) is -2.73. The van der Waals surface area contributed by atoms with E-state index in [4.69, 9.17) is 18.6 Å². The van der Waals surface area contributed by atoms with E-state index in [-0.39, 0.29) is 30.2 Å². The molecule has 3 aromatic rings. The molecule has 0 radical (unpaired) electrons. The molecule has 5 rings (SSSR count). The van der Waals surface area contributed by atoms with Gasteiger partial charge in [-0.2, -0.15) is 23.1 Å². The van der Waals surface area contributed by atoms with Gasteiger partial charge in [0.1, 0.15) is 5.82 Å². The number of aryl methyl sites for hydroxylation is 1. The number of nitrogens with zero attached hydrogens (tertiary/aromatic N) is 6. The quantitative estimate of drug-likeness (QED) is 0.391. The SMILES string of the molecule is [2H]C([2H])([2H])Oc1nc(N2C[C@@H](CC)N(C(C)c3ccc(C(F)(F)F)cc3)C[C@@H]2C)c2nc(C)n(C[C@@H]3CCCO3)c2n1. The van der Waals surface area contributed by atoms with Gasteiger partial charge in [-0.15, -0.1) is 0 Å². The van der Waals surface area contributed by atoms with Crippen LogP contribution in [0.2, 0.25) is 0 Å². The lowest BCUT2D eigenvalue weighted by molar-refractivity contribution is -0.137. The van der Waals surface area contributed by atoms with Gasteiger partial charge in [-0.25, -0.2) is 4.98 Å². The van der Waals surface area contributed by atoms with Gasteiger partial charge in [0, 0.05) is 37.8 Å². The molecule has 11 heteroatoms. The Morgan fingerprint density at radius 3 is 2.59 bits per heavy atom. The van der Waals surface area contributed by atoms with Crippen molar-refractivity contribution in [2.24, 2.45) is 0 Å². The number of aromatic nitrogens is 4. The second kappa shape index (κ2) is 10.9. The Morgan fingerprint density at radius 1 is 1.18 bits per heavy atom. The van der Waals surface area contributed by atoms with E-state index in [0.717, 1.165) is 42.8 Å². The zero-order valence-corrected chi connectivity index (χ0v) is 22.7. The molecule has 212 valence electrons. The molecule has 0 bridgehead atoms. The minimum absolute atomic E-state index is 0.0186. The molecule has 8 nitrogen and oxygen atoms in total. The van der Waals surface area contributed by atoms with Crippen LogP contribution in [0.3, 0.4) is 0 Å². The summed E-state index contributed by atoms with van der Waals surface area (Å²) in [5.41, 5.74) is 1.20. The topological polar surface area (TPSA) is 68.5 Å². The van der Waals surface area contributed by atoms with E-state index in [1.165, 1.54) is 0 Å². The van der Waals surface area contributed by atoms with E-state index in [2.05, 4.69) is 26.7 Å². The van der Waals surface area contributed by atoms with E-state index in [0.29, 0.717) is 43.2 Å². The van der Waals surface area contributed by atoms with Crippen LogP contribution in [0.15, 0.2) is 24.3 Å². The molecule has 0 amide bonds. The molecule has 2 aliphatic heterocycles. The number of piperazine rings is 1. The highest BCUT2D eigenvalue weighted by Gasteiger charge is 2.37. The smallest absolute Gasteiger partial charge is 0.416 e. The van der Waals surface area contributed by atoms with Crippen molar-refractivity contribution >= 4 is 17.0 Å². The van der Waals surface area contributed by atoms with Crippen molar-refractivity contribution in [3.05, 3.63) is 41.2 Å². The summed E-state index contributed by atoms with van der Waals surface area (Å²) in [6, 6.07) is 4.97. The number of benzene rings is 1. The monoisotopic (exact) mass is 549 g/mol. The largest absolute Gasteiger partial charge is 0.467 e. The van der Waals surface area contributed by atoms with Crippen molar-refractivity contribution in [3.63, 3.8) is 0 Å². The van der Waals surface area contributed by atoms with Crippen LogP contribution >= 0.6 is 0 Å². The van der Waals surface area contributed by atoms with E-state index < -0.39 is 18.8 Å². The van der Waals surface area contributed by atoms with Gasteiger partial charge in [0.15, 0.2) is 17.0 Å². The molecule has 4 atom stereocenters. The molecule has 2 fully saturated rings. The maximum absolute atomic E-state index is 13.1. The summed E-state index contributed by atoms with van der Waals surface area (Å²) in [5.74, 6) is 1.22. The van der Waals surface area contributed by atoms with Crippen molar-refractivity contribution in [2.45, 2.75) is 83.9 Å². The maximum atomic E-state index is 13.1. The first-order chi connectivity index (χ1) is 19.7. The Bertz CT molecular complexity index is 1390. The molecule has 39 heavy (non-hydrogen) atoms. The third-order valence-corrected chi connectivity index (χ3v) is 8.09. The van der Waals surface area contributed by atoms with Crippen LogP contribution in [-0.2, 0) is 17.5 Å². The molecule has 0 spiro atoms. The molecule has 2 aliphatic rings. The number of rotatable bonds is 7. The molecule has 2 aromatic heterocycles. The first-order valence-corrected chi connectivity index (χ1v) is 13.5. The Labute approximate surface area is 231 Å². The average Bonchev–Trinajstić information content (AvgIpc) is 3.54. The summed E-state index contributed by atoms with van der Waals surface area (Å²) < 4.78 is 75.3. The number of anilines is 1. The highest BCUT2D eigenvalue weighted by molar-refractivity contribution is 5.85. The molecule has 4 heterocycles. The number of imidazole rings is 1. The highest BCUT2D eigenvalue weighted by Crippen LogP contribution is 2.36. The standard InChI is InChI=1S/C28H37F3N6O2/c1-6-22-15-35(17(2)14-36(22)18(3)20-9-11-21(12-10-20)28(29,30)31)25-24-26(34-27(33-25)38-5)37(19(4)32-24)16-23-8-7-13-39-23/h9-12,17-18,22-23H,6-8,13-16H2,1-5H3/t17-,18?,22+,23-/m0/s1/i5D3. The first kappa shape index (κ1) is 23.9. The second-order valence-corrected chi connectivity index (χ2v) is 10.6. The third kappa shape index (κ3) is 5.43. The van der Waals surface area contributed by atoms with Crippen molar-refractivity contribution in [1.29, 1.82) is 0 Å². The molecule has 1 unspecified atom stereocenters. The van der Waals surface area contributed by atoms with Gasteiger partial charge < -0.3 is 18.9 Å². The minimum atomic E-state index is -4.38. The van der Waals surface area contributed by atoms with Crippen molar-refractivity contribution in [2.75, 3.05) is 31.6 Å². The predicted octanol–water partition coefficient (Wildman–Crippen LogP) is 5.39. The Kier molecular flexibility index (Phi) is 6.70. The normalized spacial score (nSPS) is 24.9. The van der Waals surface area contributed by atoms with Crippen molar-refractivity contribution < 1.29 is 26.8 Å². The Balaban J connectivity index is 1.48. The van der Waals surface area contributed by atoms with E-state index in [9.17, 15) is 13.2 Å². The zero-order valence-electron chi connectivity index (χ0n) is 25.7. The molecule has 0 saturated carbocycles. The lowest BCUT2D eigenvalue weighted by atomic mass is 9.98. The van der Waals surface area contributed by atoms with Crippen LogP contribution in [0.25, 0.3) is 11.2 Å². The van der Waals surface area contributed by atoms with Crippen molar-refractivity contribution in [1.82, 2.24) is 24.4 Å². The maximum Gasteiger partial charge on any atom is 0.416 e. The molecule has 0 aliphatic carbocycles. The average molecular weight is 550 g/mol. The van der Waals surface area contributed by atoms with Gasteiger partial charge in [-0.05, 0) is 57.7 Å². The van der Waals surface area contributed by atoms with Gasteiger partial charge in [-0.1, -0.05) is 19.1 Å². The molecular weight excluding hydrogens is 509 g/mol. The summed E-state index contributed by atoms with van der Waals surface area (Å²) in [6.45, 7) is 10.4. The summed E-state index contributed by atoms with van der Waals surface area (Å²) >= 11 is 0. The van der Waals surface area contributed by atoms with Crippen LogP contribution in [-0.4, -0.2) is 69.3 Å². The van der Waals surface area contributed by atoms with Gasteiger partial charge >= 0.3 is 12.2 Å². The van der Waals surface area contributed by atoms with E-state index in [1.54, 1.807) is 12.1 Å². The van der Waals surface area contributed by atoms with Crippen molar-refractivity contribution in [3.8, 4) is 6.01 Å². The van der Waals surface area contributed by atoms with Gasteiger partial charge in [-0.3, -0.25) is 4.90 Å². The number of methoxy groups -OCH3 is 1. The van der Waals surface area contributed by atoms with E-state index in [1.807, 2.05) is 25.3 Å². The fourth-order valence-corrected chi connectivity index (χ4v) is 5.87. The lowest BCUT2D eigenvalue weighted by Gasteiger charge is -2.48. The number of alkyl halides is 3. The second-order valence-electron chi connectivity index (χ2n) is 10.6. The molecular formula is C28H37F3N6O2. The third-order valence-electron chi connectivity index (χ3n) is 8.09. The van der Waals surface area contributed by atoms with E-state index >= 15 is 0 Å². The summed E-state index contributed by atoms with van der Waals surface area (Å²) in [4.78, 5) is 18.3. The highest BCUT2D eigenvalue weighted by atomic mass is 19.4. The van der Waals surface area contributed by atoms with Crippen LogP contribution in [0, 0.1) is 6.92 Å². The summed E-state index contributed by atoms with van der Waals surface area (Å²) in [5, 5.41) is 0.